The van der Waals surface area contributed by atoms with Crippen LogP contribution in [-0.4, -0.2) is 25.7 Å². The molecule has 7 nitrogen and oxygen atoms in total. The first-order chi connectivity index (χ1) is 13.7. The van der Waals surface area contributed by atoms with E-state index in [1.165, 1.54) is 12.6 Å². The van der Waals surface area contributed by atoms with E-state index in [2.05, 4.69) is 15.1 Å². The second-order valence-corrected chi connectivity index (χ2v) is 6.38. The lowest BCUT2D eigenvalue weighted by atomic mass is 10.1. The number of ether oxygens (including phenoxy) is 1. The average Bonchev–Trinajstić information content (AvgIpc) is 3.39. The Morgan fingerprint density at radius 2 is 1.89 bits per heavy atom. The monoisotopic (exact) mass is 374 g/mol. The minimum Gasteiger partial charge on any atom is -0.455 e. The summed E-state index contributed by atoms with van der Waals surface area (Å²) in [6, 6.07) is 15.1. The van der Waals surface area contributed by atoms with E-state index in [0.29, 0.717) is 23.7 Å². The minimum absolute atomic E-state index is 0.0505. The van der Waals surface area contributed by atoms with Gasteiger partial charge < -0.3 is 9.15 Å². The molecule has 4 rings (SSSR count). The summed E-state index contributed by atoms with van der Waals surface area (Å²) in [5, 5.41) is 4.06. The fraction of sp³-hybridized carbons (Fsp3) is 0.143. The number of nitrogens with zero attached hydrogens (tertiary/aromatic N) is 4. The van der Waals surface area contributed by atoms with E-state index in [0.717, 1.165) is 16.7 Å². The molecule has 0 spiro atoms. The van der Waals surface area contributed by atoms with Gasteiger partial charge in [-0.3, -0.25) is 0 Å². The summed E-state index contributed by atoms with van der Waals surface area (Å²) >= 11 is 0. The fourth-order valence-corrected chi connectivity index (χ4v) is 2.67. The molecule has 2 aromatic heterocycles. The Balaban J connectivity index is 1.34. The van der Waals surface area contributed by atoms with Crippen LogP contribution in [0.1, 0.15) is 27.2 Å². The third-order valence-electron chi connectivity index (χ3n) is 4.20. The Morgan fingerprint density at radius 1 is 1.11 bits per heavy atom. The lowest BCUT2D eigenvalue weighted by Gasteiger charge is -2.05. The van der Waals surface area contributed by atoms with Crippen LogP contribution in [0, 0.1) is 6.92 Å². The number of hydrogen-bond acceptors (Lipinski definition) is 6. The summed E-state index contributed by atoms with van der Waals surface area (Å²) in [6.45, 7) is 2.66. The standard InChI is InChI=1S/C21H18N4O3/c1-15-2-6-17(7-3-15)20-24-19(11-27-20)12-28-21(26)18-8-4-16(5-9-18)10-25-14-22-13-23-25/h2-9,11,13-14H,10,12H2,1H3. The molecule has 0 amide bonds. The minimum atomic E-state index is -0.410. The van der Waals surface area contributed by atoms with Crippen molar-refractivity contribution in [2.24, 2.45) is 0 Å². The molecule has 7 heteroatoms. The van der Waals surface area contributed by atoms with Crippen molar-refractivity contribution in [2.75, 3.05) is 0 Å². The average molecular weight is 374 g/mol. The Labute approximate surface area is 161 Å². The number of benzene rings is 2. The van der Waals surface area contributed by atoms with Gasteiger partial charge in [0.2, 0.25) is 5.89 Å². The van der Waals surface area contributed by atoms with E-state index in [1.54, 1.807) is 23.1 Å². The zero-order chi connectivity index (χ0) is 19.3. The van der Waals surface area contributed by atoms with Crippen molar-refractivity contribution >= 4 is 5.97 Å². The first-order valence-electron chi connectivity index (χ1n) is 8.77. The Hall–Kier alpha value is -3.74. The van der Waals surface area contributed by atoms with Gasteiger partial charge in [-0.15, -0.1) is 0 Å². The van der Waals surface area contributed by atoms with Crippen LogP contribution in [0.5, 0.6) is 0 Å². The zero-order valence-corrected chi connectivity index (χ0v) is 15.3. The van der Waals surface area contributed by atoms with Crippen LogP contribution in [0.3, 0.4) is 0 Å². The van der Waals surface area contributed by atoms with Gasteiger partial charge in [-0.05, 0) is 36.8 Å². The fourth-order valence-electron chi connectivity index (χ4n) is 2.67. The highest BCUT2D eigenvalue weighted by atomic mass is 16.5. The van der Waals surface area contributed by atoms with Gasteiger partial charge in [0.1, 0.15) is 31.2 Å². The molecular weight excluding hydrogens is 356 g/mol. The number of hydrogen-bond donors (Lipinski definition) is 0. The molecule has 28 heavy (non-hydrogen) atoms. The van der Waals surface area contributed by atoms with Crippen LogP contribution >= 0.6 is 0 Å². The highest BCUT2D eigenvalue weighted by Gasteiger charge is 2.11. The lowest BCUT2D eigenvalue weighted by molar-refractivity contribution is 0.0467. The topological polar surface area (TPSA) is 83.0 Å². The molecule has 0 aliphatic rings. The Kier molecular flexibility index (Phi) is 4.97. The predicted molar refractivity (Wildman–Crippen MR) is 101 cm³/mol. The molecule has 0 saturated carbocycles. The van der Waals surface area contributed by atoms with E-state index in [4.69, 9.17) is 9.15 Å². The maximum atomic E-state index is 12.3. The van der Waals surface area contributed by atoms with Crippen LogP contribution < -0.4 is 0 Å². The second kappa shape index (κ2) is 7.87. The van der Waals surface area contributed by atoms with Crippen LogP contribution in [0.4, 0.5) is 0 Å². The van der Waals surface area contributed by atoms with Crippen LogP contribution in [0.25, 0.3) is 11.5 Å². The third kappa shape index (κ3) is 4.15. The quantitative estimate of drug-likeness (QED) is 0.479. The molecule has 140 valence electrons. The molecule has 2 heterocycles. The predicted octanol–water partition coefficient (Wildman–Crippen LogP) is 3.65. The largest absolute Gasteiger partial charge is 0.455 e. The number of rotatable bonds is 6. The molecule has 0 saturated heterocycles. The Bertz CT molecular complexity index is 1050. The summed E-state index contributed by atoms with van der Waals surface area (Å²) in [7, 11) is 0. The van der Waals surface area contributed by atoms with Gasteiger partial charge in [0.05, 0.1) is 12.1 Å². The van der Waals surface area contributed by atoms with E-state index < -0.39 is 5.97 Å². The molecule has 0 aliphatic carbocycles. The van der Waals surface area contributed by atoms with Crippen molar-refractivity contribution < 1.29 is 13.9 Å². The molecule has 0 bridgehead atoms. The van der Waals surface area contributed by atoms with Gasteiger partial charge >= 0.3 is 5.97 Å². The molecule has 0 atom stereocenters. The number of esters is 1. The molecular formula is C21H18N4O3. The number of oxazole rings is 1. The van der Waals surface area contributed by atoms with E-state index >= 15 is 0 Å². The molecule has 0 fully saturated rings. The van der Waals surface area contributed by atoms with Crippen LogP contribution in [0.15, 0.2) is 71.9 Å². The normalized spacial score (nSPS) is 10.8. The molecule has 0 unspecified atom stereocenters. The van der Waals surface area contributed by atoms with Gasteiger partial charge in [0.25, 0.3) is 0 Å². The summed E-state index contributed by atoms with van der Waals surface area (Å²) in [5.74, 6) is 0.0932. The molecule has 0 N–H and O–H groups in total. The van der Waals surface area contributed by atoms with Gasteiger partial charge in [-0.25, -0.2) is 19.4 Å². The smallest absolute Gasteiger partial charge is 0.338 e. The maximum absolute atomic E-state index is 12.3. The van der Waals surface area contributed by atoms with Crippen molar-refractivity contribution in [3.63, 3.8) is 0 Å². The van der Waals surface area contributed by atoms with Crippen molar-refractivity contribution in [3.05, 3.63) is 89.8 Å². The van der Waals surface area contributed by atoms with E-state index in [9.17, 15) is 4.79 Å². The number of aryl methyl sites for hydroxylation is 1. The summed E-state index contributed by atoms with van der Waals surface area (Å²) in [5.41, 5.74) is 4.10. The van der Waals surface area contributed by atoms with E-state index in [-0.39, 0.29) is 6.61 Å². The number of carbonyl (C=O) groups is 1. The maximum Gasteiger partial charge on any atom is 0.338 e. The Morgan fingerprint density at radius 3 is 2.61 bits per heavy atom. The van der Waals surface area contributed by atoms with Crippen molar-refractivity contribution in [2.45, 2.75) is 20.1 Å². The van der Waals surface area contributed by atoms with Crippen molar-refractivity contribution in [1.29, 1.82) is 0 Å². The highest BCUT2D eigenvalue weighted by molar-refractivity contribution is 5.89. The summed E-state index contributed by atoms with van der Waals surface area (Å²) < 4.78 is 12.5. The molecule has 0 radical (unpaired) electrons. The van der Waals surface area contributed by atoms with Gasteiger partial charge in [0, 0.05) is 5.56 Å². The first-order valence-corrected chi connectivity index (χ1v) is 8.77. The van der Waals surface area contributed by atoms with Crippen molar-refractivity contribution in [1.82, 2.24) is 19.7 Å². The third-order valence-corrected chi connectivity index (χ3v) is 4.20. The highest BCUT2D eigenvalue weighted by Crippen LogP contribution is 2.19. The van der Waals surface area contributed by atoms with Gasteiger partial charge in [-0.1, -0.05) is 29.8 Å². The zero-order valence-electron chi connectivity index (χ0n) is 15.3. The van der Waals surface area contributed by atoms with Gasteiger partial charge in [-0.2, -0.15) is 5.10 Å². The first kappa shape index (κ1) is 17.7. The van der Waals surface area contributed by atoms with Crippen molar-refractivity contribution in [3.8, 4) is 11.5 Å². The SMILES string of the molecule is Cc1ccc(-c2nc(COC(=O)c3ccc(Cn4cncn4)cc3)co2)cc1. The summed E-state index contributed by atoms with van der Waals surface area (Å²) in [6.07, 6.45) is 4.63. The number of carbonyl (C=O) groups excluding carboxylic acids is 1. The van der Waals surface area contributed by atoms with E-state index in [1.807, 2.05) is 43.3 Å². The molecule has 4 aromatic rings. The van der Waals surface area contributed by atoms with Crippen LogP contribution in [0.2, 0.25) is 0 Å². The molecule has 0 aliphatic heterocycles. The second-order valence-electron chi connectivity index (χ2n) is 6.38. The number of aromatic nitrogens is 4. The van der Waals surface area contributed by atoms with Crippen LogP contribution in [-0.2, 0) is 17.9 Å². The van der Waals surface area contributed by atoms with Gasteiger partial charge in [0.15, 0.2) is 0 Å². The summed E-state index contributed by atoms with van der Waals surface area (Å²) in [4.78, 5) is 20.5. The lowest BCUT2D eigenvalue weighted by Crippen LogP contribution is -2.06. The molecule has 2 aromatic carbocycles.